The van der Waals surface area contributed by atoms with Gasteiger partial charge in [0.15, 0.2) is 0 Å². The van der Waals surface area contributed by atoms with E-state index in [0.29, 0.717) is 55.8 Å². The number of halogens is 3. The molecule has 12 heteroatoms. The molecule has 0 unspecified atom stereocenters. The number of aromatic nitrogens is 3. The summed E-state index contributed by atoms with van der Waals surface area (Å²) >= 11 is 0. The summed E-state index contributed by atoms with van der Waals surface area (Å²) in [5.41, 5.74) is -0.211. The van der Waals surface area contributed by atoms with Crippen molar-refractivity contribution in [3.05, 3.63) is 53.7 Å². The van der Waals surface area contributed by atoms with Gasteiger partial charge in [0.25, 0.3) is 5.91 Å². The van der Waals surface area contributed by atoms with Crippen LogP contribution < -0.4 is 10.2 Å². The van der Waals surface area contributed by atoms with Crippen LogP contribution in [0.1, 0.15) is 55.0 Å². The molecule has 198 valence electrons. The second kappa shape index (κ2) is 10.0. The standard InChI is InChI=1S/C25H28F3N5O4/c1-24(2,37)9-6-16-13-33-14-18(31-22(34)17-4-3-5-20(30-17)25(26,27)28)19(12-21(33)29-16)32-10-7-15(8-11-32)23(35)36/h3-5,12-15,37H,6-11H2,1-2H3,(H,31,34)(H,35,36). The van der Waals surface area contributed by atoms with Crippen LogP contribution in [-0.4, -0.2) is 55.1 Å². The second-order valence-electron chi connectivity index (χ2n) is 9.84. The molecule has 0 bridgehead atoms. The Morgan fingerprint density at radius 1 is 1.14 bits per heavy atom. The third-order valence-electron chi connectivity index (χ3n) is 6.32. The van der Waals surface area contributed by atoms with Crippen LogP contribution in [0.25, 0.3) is 5.65 Å². The first-order valence-corrected chi connectivity index (χ1v) is 11.9. The molecule has 4 heterocycles. The lowest BCUT2D eigenvalue weighted by Crippen LogP contribution is -2.37. The number of aliphatic carboxylic acids is 1. The minimum Gasteiger partial charge on any atom is -0.481 e. The lowest BCUT2D eigenvalue weighted by atomic mass is 9.96. The molecule has 0 radical (unpaired) electrons. The van der Waals surface area contributed by atoms with Gasteiger partial charge in [0.2, 0.25) is 0 Å². The Hall–Kier alpha value is -3.67. The molecule has 0 atom stereocenters. The number of imidazole rings is 1. The molecule has 1 aliphatic rings. The predicted octanol–water partition coefficient (Wildman–Crippen LogP) is 4.00. The molecule has 1 aliphatic heterocycles. The summed E-state index contributed by atoms with van der Waals surface area (Å²) in [5.74, 6) is -2.13. The number of pyridine rings is 2. The Balaban J connectivity index is 1.67. The summed E-state index contributed by atoms with van der Waals surface area (Å²) in [6.07, 6.45) is 0.519. The number of nitrogens with zero attached hydrogens (tertiary/aromatic N) is 4. The minimum atomic E-state index is -4.69. The third-order valence-corrected chi connectivity index (χ3v) is 6.32. The summed E-state index contributed by atoms with van der Waals surface area (Å²) in [5, 5.41) is 22.1. The molecule has 0 saturated carbocycles. The third kappa shape index (κ3) is 6.37. The van der Waals surface area contributed by atoms with Gasteiger partial charge in [0, 0.05) is 31.5 Å². The quantitative estimate of drug-likeness (QED) is 0.432. The van der Waals surface area contributed by atoms with Crippen LogP contribution in [0.5, 0.6) is 0 Å². The first-order chi connectivity index (χ1) is 17.3. The smallest absolute Gasteiger partial charge is 0.433 e. The van der Waals surface area contributed by atoms with Gasteiger partial charge in [-0.15, -0.1) is 0 Å². The van der Waals surface area contributed by atoms with Gasteiger partial charge in [0.05, 0.1) is 28.6 Å². The van der Waals surface area contributed by atoms with E-state index in [1.807, 2.05) is 4.90 Å². The lowest BCUT2D eigenvalue weighted by Gasteiger charge is -2.33. The molecule has 0 aliphatic carbocycles. The number of rotatable bonds is 7. The average molecular weight is 520 g/mol. The van der Waals surface area contributed by atoms with E-state index in [1.165, 1.54) is 6.07 Å². The zero-order chi connectivity index (χ0) is 27.0. The number of hydrogen-bond donors (Lipinski definition) is 3. The highest BCUT2D eigenvalue weighted by Gasteiger charge is 2.33. The SMILES string of the molecule is CC(C)(O)CCc1cn2cc(NC(=O)c3cccc(C(F)(F)F)n3)c(N3CCC(C(=O)O)CC3)cc2n1. The fourth-order valence-electron chi connectivity index (χ4n) is 4.26. The molecule has 1 fully saturated rings. The fourth-order valence-corrected chi connectivity index (χ4v) is 4.26. The fraction of sp³-hybridized carbons (Fsp3) is 0.440. The summed E-state index contributed by atoms with van der Waals surface area (Å²) in [4.78, 5) is 34.3. The summed E-state index contributed by atoms with van der Waals surface area (Å²) < 4.78 is 41.0. The maximum atomic E-state index is 13.1. The molecule has 1 saturated heterocycles. The lowest BCUT2D eigenvalue weighted by molar-refractivity contribution is -0.142. The highest BCUT2D eigenvalue weighted by molar-refractivity contribution is 6.04. The number of aryl methyl sites for hydroxylation is 1. The van der Waals surface area contributed by atoms with Crippen molar-refractivity contribution in [1.82, 2.24) is 14.4 Å². The first-order valence-electron chi connectivity index (χ1n) is 11.9. The van der Waals surface area contributed by atoms with Gasteiger partial charge < -0.3 is 24.8 Å². The van der Waals surface area contributed by atoms with Gasteiger partial charge in [-0.1, -0.05) is 6.07 Å². The number of alkyl halides is 3. The van der Waals surface area contributed by atoms with E-state index in [9.17, 15) is 33.0 Å². The molecular weight excluding hydrogens is 491 g/mol. The Morgan fingerprint density at radius 2 is 1.84 bits per heavy atom. The topological polar surface area (TPSA) is 120 Å². The van der Waals surface area contributed by atoms with Crippen LogP contribution in [0, 0.1) is 5.92 Å². The highest BCUT2D eigenvalue weighted by atomic mass is 19.4. The van der Waals surface area contributed by atoms with Crippen molar-refractivity contribution < 1.29 is 33.0 Å². The largest absolute Gasteiger partial charge is 0.481 e. The van der Waals surface area contributed by atoms with E-state index < -0.39 is 35.3 Å². The van der Waals surface area contributed by atoms with E-state index >= 15 is 0 Å². The van der Waals surface area contributed by atoms with E-state index in [-0.39, 0.29) is 5.69 Å². The zero-order valence-electron chi connectivity index (χ0n) is 20.4. The van der Waals surface area contributed by atoms with Crippen LogP contribution in [0.2, 0.25) is 0 Å². The minimum absolute atomic E-state index is 0.330. The summed E-state index contributed by atoms with van der Waals surface area (Å²) in [6, 6.07) is 4.87. The number of aliphatic hydroxyl groups is 1. The van der Waals surface area contributed by atoms with Gasteiger partial charge in [-0.2, -0.15) is 13.2 Å². The predicted molar refractivity (Wildman–Crippen MR) is 130 cm³/mol. The van der Waals surface area contributed by atoms with Crippen molar-refractivity contribution in [1.29, 1.82) is 0 Å². The van der Waals surface area contributed by atoms with Gasteiger partial charge in [0.1, 0.15) is 17.0 Å². The number of amides is 1. The van der Waals surface area contributed by atoms with Crippen molar-refractivity contribution in [3.8, 4) is 0 Å². The number of carbonyl (C=O) groups excluding carboxylic acids is 1. The normalized spacial score (nSPS) is 15.2. The molecular formula is C25H28F3N5O4. The second-order valence-corrected chi connectivity index (χ2v) is 9.84. The molecule has 0 aromatic carbocycles. The van der Waals surface area contributed by atoms with Gasteiger partial charge >= 0.3 is 12.1 Å². The van der Waals surface area contributed by atoms with Gasteiger partial charge in [-0.3, -0.25) is 9.59 Å². The molecule has 9 nitrogen and oxygen atoms in total. The average Bonchev–Trinajstić information content (AvgIpc) is 3.23. The van der Waals surface area contributed by atoms with Gasteiger partial charge in [-0.25, -0.2) is 9.97 Å². The monoisotopic (exact) mass is 519 g/mol. The summed E-state index contributed by atoms with van der Waals surface area (Å²) in [7, 11) is 0. The molecule has 3 N–H and O–H groups in total. The van der Waals surface area contributed by atoms with Gasteiger partial charge in [-0.05, 0) is 51.7 Å². The number of nitrogens with one attached hydrogen (secondary N) is 1. The number of fused-ring (bicyclic) bond motifs is 1. The first kappa shape index (κ1) is 26.4. The van der Waals surface area contributed by atoms with Crippen molar-refractivity contribution in [2.45, 2.75) is 51.3 Å². The number of anilines is 2. The van der Waals surface area contributed by atoms with E-state index in [0.717, 1.165) is 17.8 Å². The van der Waals surface area contributed by atoms with Crippen LogP contribution >= 0.6 is 0 Å². The van der Waals surface area contributed by atoms with Crippen molar-refractivity contribution >= 4 is 28.9 Å². The van der Waals surface area contributed by atoms with Crippen LogP contribution in [0.4, 0.5) is 24.5 Å². The van der Waals surface area contributed by atoms with E-state index in [2.05, 4.69) is 15.3 Å². The number of carboxylic acids is 1. The summed E-state index contributed by atoms with van der Waals surface area (Å²) in [6.45, 7) is 4.25. The van der Waals surface area contributed by atoms with Crippen molar-refractivity contribution in [2.75, 3.05) is 23.3 Å². The maximum Gasteiger partial charge on any atom is 0.433 e. The number of carboxylic acid groups (broad SMARTS) is 1. The molecule has 0 spiro atoms. The zero-order valence-corrected chi connectivity index (χ0v) is 20.4. The Kier molecular flexibility index (Phi) is 7.13. The number of piperidine rings is 1. The molecule has 4 rings (SSSR count). The van der Waals surface area contributed by atoms with Crippen LogP contribution in [0.3, 0.4) is 0 Å². The molecule has 3 aromatic heterocycles. The van der Waals surface area contributed by atoms with E-state index in [1.54, 1.807) is 36.7 Å². The maximum absolute atomic E-state index is 13.1. The van der Waals surface area contributed by atoms with Crippen molar-refractivity contribution in [3.63, 3.8) is 0 Å². The molecule has 1 amide bonds. The van der Waals surface area contributed by atoms with Crippen molar-refractivity contribution in [2.24, 2.45) is 5.92 Å². The Bertz CT molecular complexity index is 1310. The number of carbonyl (C=O) groups is 2. The van der Waals surface area contributed by atoms with Crippen LogP contribution in [-0.2, 0) is 17.4 Å². The Labute approximate surface area is 211 Å². The number of hydrogen-bond acceptors (Lipinski definition) is 6. The highest BCUT2D eigenvalue weighted by Crippen LogP contribution is 2.33. The molecule has 3 aromatic rings. The molecule has 37 heavy (non-hydrogen) atoms. The van der Waals surface area contributed by atoms with Crippen LogP contribution in [0.15, 0.2) is 36.7 Å². The van der Waals surface area contributed by atoms with E-state index in [4.69, 9.17) is 0 Å². The Morgan fingerprint density at radius 3 is 2.46 bits per heavy atom.